The first-order valence-electron chi connectivity index (χ1n) is 7.65. The SMILES string of the molecule is Nc1nc(Cl)nc2c1ncn2C1C[C@H](O)[C@@H](Cc2ccccc2)O1. The van der Waals surface area contributed by atoms with E-state index in [2.05, 4.69) is 15.0 Å². The molecule has 1 unspecified atom stereocenters. The van der Waals surface area contributed by atoms with Gasteiger partial charge in [-0.15, -0.1) is 0 Å². The van der Waals surface area contributed by atoms with Crippen LogP contribution in [0.2, 0.25) is 5.28 Å². The van der Waals surface area contributed by atoms with E-state index in [0.717, 1.165) is 5.56 Å². The molecule has 1 aromatic carbocycles. The van der Waals surface area contributed by atoms with E-state index in [1.807, 2.05) is 30.3 Å². The summed E-state index contributed by atoms with van der Waals surface area (Å²) in [7, 11) is 0. The second-order valence-corrected chi connectivity index (χ2v) is 6.16. The lowest BCUT2D eigenvalue weighted by Gasteiger charge is -2.16. The van der Waals surface area contributed by atoms with Crippen molar-refractivity contribution in [1.82, 2.24) is 19.5 Å². The highest BCUT2D eigenvalue weighted by Crippen LogP contribution is 2.33. The molecule has 0 aliphatic carbocycles. The van der Waals surface area contributed by atoms with Crippen molar-refractivity contribution < 1.29 is 9.84 Å². The Morgan fingerprint density at radius 2 is 2.08 bits per heavy atom. The Balaban J connectivity index is 1.60. The smallest absolute Gasteiger partial charge is 0.226 e. The molecule has 3 N–H and O–H groups in total. The van der Waals surface area contributed by atoms with Crippen LogP contribution in [0.15, 0.2) is 36.7 Å². The molecule has 7 nitrogen and oxygen atoms in total. The monoisotopic (exact) mass is 345 g/mol. The summed E-state index contributed by atoms with van der Waals surface area (Å²) in [4.78, 5) is 12.3. The van der Waals surface area contributed by atoms with Crippen LogP contribution in [0.25, 0.3) is 11.2 Å². The molecule has 0 radical (unpaired) electrons. The Kier molecular flexibility index (Phi) is 3.84. The van der Waals surface area contributed by atoms with E-state index in [-0.39, 0.29) is 23.4 Å². The zero-order valence-electron chi connectivity index (χ0n) is 12.7. The summed E-state index contributed by atoms with van der Waals surface area (Å²) in [6.07, 6.45) is 1.46. The highest BCUT2D eigenvalue weighted by atomic mass is 35.5. The van der Waals surface area contributed by atoms with Crippen LogP contribution >= 0.6 is 11.6 Å². The fourth-order valence-corrected chi connectivity index (χ4v) is 3.21. The number of hydrogen-bond donors (Lipinski definition) is 2. The van der Waals surface area contributed by atoms with Crippen LogP contribution in [0, 0.1) is 0 Å². The van der Waals surface area contributed by atoms with Gasteiger partial charge < -0.3 is 15.6 Å². The molecule has 2 aromatic heterocycles. The maximum Gasteiger partial charge on any atom is 0.226 e. The van der Waals surface area contributed by atoms with Crippen molar-refractivity contribution in [3.8, 4) is 0 Å². The second kappa shape index (κ2) is 6.01. The average Bonchev–Trinajstić information content (AvgIpc) is 3.12. The number of nitrogens with two attached hydrogens (primary N) is 1. The molecular weight excluding hydrogens is 330 g/mol. The van der Waals surface area contributed by atoms with E-state index in [1.165, 1.54) is 0 Å². The molecule has 8 heteroatoms. The van der Waals surface area contributed by atoms with Crippen molar-refractivity contribution in [2.45, 2.75) is 31.3 Å². The number of fused-ring (bicyclic) bond motifs is 1. The van der Waals surface area contributed by atoms with Crippen LogP contribution in [0.5, 0.6) is 0 Å². The summed E-state index contributed by atoms with van der Waals surface area (Å²) in [5.41, 5.74) is 7.92. The lowest BCUT2D eigenvalue weighted by Crippen LogP contribution is -2.23. The van der Waals surface area contributed by atoms with E-state index in [4.69, 9.17) is 22.1 Å². The van der Waals surface area contributed by atoms with Crippen LogP contribution in [0.3, 0.4) is 0 Å². The topological polar surface area (TPSA) is 99.1 Å². The van der Waals surface area contributed by atoms with Crippen molar-refractivity contribution in [3.05, 3.63) is 47.5 Å². The molecule has 24 heavy (non-hydrogen) atoms. The van der Waals surface area contributed by atoms with E-state index in [1.54, 1.807) is 10.9 Å². The Morgan fingerprint density at radius 3 is 2.88 bits per heavy atom. The number of hydrogen-bond acceptors (Lipinski definition) is 6. The molecule has 4 rings (SSSR count). The summed E-state index contributed by atoms with van der Waals surface area (Å²) in [6.45, 7) is 0. The van der Waals surface area contributed by atoms with Crippen molar-refractivity contribution in [1.29, 1.82) is 0 Å². The van der Waals surface area contributed by atoms with E-state index < -0.39 is 6.10 Å². The number of ether oxygens (including phenoxy) is 1. The lowest BCUT2D eigenvalue weighted by molar-refractivity contribution is -0.0162. The molecule has 3 aromatic rings. The van der Waals surface area contributed by atoms with Gasteiger partial charge in [-0.05, 0) is 17.2 Å². The molecule has 1 aliphatic heterocycles. The van der Waals surface area contributed by atoms with Crippen LogP contribution in [-0.4, -0.2) is 36.8 Å². The maximum atomic E-state index is 10.4. The number of anilines is 1. The minimum absolute atomic E-state index is 0.0566. The minimum atomic E-state index is -0.567. The molecule has 1 saturated heterocycles. The molecule has 0 saturated carbocycles. The Hall–Kier alpha value is -2.22. The number of nitrogen functional groups attached to an aromatic ring is 1. The summed E-state index contributed by atoms with van der Waals surface area (Å²) in [5.74, 6) is 0.225. The number of rotatable bonds is 3. The predicted molar refractivity (Wildman–Crippen MR) is 89.4 cm³/mol. The number of aromatic nitrogens is 4. The van der Waals surface area contributed by atoms with Gasteiger partial charge in [0.1, 0.15) is 11.7 Å². The normalized spacial score (nSPS) is 23.8. The van der Waals surface area contributed by atoms with Crippen LogP contribution in [0.1, 0.15) is 18.2 Å². The molecular formula is C16H16ClN5O2. The summed E-state index contributed by atoms with van der Waals surface area (Å²) in [6, 6.07) is 9.94. The van der Waals surface area contributed by atoms with Gasteiger partial charge in [0, 0.05) is 12.8 Å². The highest BCUT2D eigenvalue weighted by Gasteiger charge is 2.35. The number of nitrogens with zero attached hydrogens (tertiary/aromatic N) is 4. The Labute approximate surface area is 143 Å². The van der Waals surface area contributed by atoms with Gasteiger partial charge in [-0.3, -0.25) is 4.57 Å². The molecule has 0 bridgehead atoms. The number of aliphatic hydroxyl groups is 1. The summed E-state index contributed by atoms with van der Waals surface area (Å²) in [5, 5.41) is 10.4. The largest absolute Gasteiger partial charge is 0.390 e. The second-order valence-electron chi connectivity index (χ2n) is 5.82. The van der Waals surface area contributed by atoms with Gasteiger partial charge in [0.05, 0.1) is 18.5 Å². The van der Waals surface area contributed by atoms with Crippen molar-refractivity contribution in [2.24, 2.45) is 0 Å². The molecule has 0 amide bonds. The Bertz CT molecular complexity index is 870. The molecule has 3 heterocycles. The fraction of sp³-hybridized carbons (Fsp3) is 0.312. The zero-order chi connectivity index (χ0) is 16.7. The van der Waals surface area contributed by atoms with Crippen molar-refractivity contribution in [2.75, 3.05) is 5.73 Å². The molecule has 0 spiro atoms. The average molecular weight is 346 g/mol. The first kappa shape index (κ1) is 15.3. The minimum Gasteiger partial charge on any atom is -0.390 e. The molecule has 1 fully saturated rings. The number of imidazole rings is 1. The van der Waals surface area contributed by atoms with Gasteiger partial charge in [0.25, 0.3) is 0 Å². The maximum absolute atomic E-state index is 10.4. The summed E-state index contributed by atoms with van der Waals surface area (Å²) < 4.78 is 7.78. The van der Waals surface area contributed by atoms with E-state index in [9.17, 15) is 5.11 Å². The van der Waals surface area contributed by atoms with Gasteiger partial charge in [-0.2, -0.15) is 9.97 Å². The first-order chi connectivity index (χ1) is 11.6. The quantitative estimate of drug-likeness (QED) is 0.704. The van der Waals surface area contributed by atoms with Gasteiger partial charge in [0.15, 0.2) is 11.5 Å². The molecule has 3 atom stereocenters. The number of benzene rings is 1. The third-order valence-electron chi connectivity index (χ3n) is 4.22. The van der Waals surface area contributed by atoms with Gasteiger partial charge in [-0.25, -0.2) is 4.98 Å². The lowest BCUT2D eigenvalue weighted by atomic mass is 10.0. The third kappa shape index (κ3) is 2.71. The van der Waals surface area contributed by atoms with Crippen LogP contribution < -0.4 is 5.73 Å². The van der Waals surface area contributed by atoms with Crippen molar-refractivity contribution >= 4 is 28.6 Å². The fourth-order valence-electron chi connectivity index (χ4n) is 3.04. The highest BCUT2D eigenvalue weighted by molar-refractivity contribution is 6.28. The zero-order valence-corrected chi connectivity index (χ0v) is 13.5. The van der Waals surface area contributed by atoms with Crippen molar-refractivity contribution in [3.63, 3.8) is 0 Å². The van der Waals surface area contributed by atoms with E-state index >= 15 is 0 Å². The predicted octanol–water partition coefficient (Wildman–Crippen LogP) is 1.95. The number of aliphatic hydroxyl groups excluding tert-OH is 1. The standard InChI is InChI=1S/C16H16ClN5O2/c17-16-20-14(18)13-15(21-16)22(8-19-13)12-7-10(23)11(24-12)6-9-4-2-1-3-5-9/h1-5,8,10-12,23H,6-7H2,(H2,18,20,21)/t10-,11+,12?/m0/s1. The summed E-state index contributed by atoms with van der Waals surface area (Å²) >= 11 is 5.89. The van der Waals surface area contributed by atoms with Gasteiger partial charge in [0.2, 0.25) is 5.28 Å². The number of halogens is 1. The molecule has 1 aliphatic rings. The van der Waals surface area contributed by atoms with Gasteiger partial charge >= 0.3 is 0 Å². The Morgan fingerprint density at radius 1 is 1.29 bits per heavy atom. The van der Waals surface area contributed by atoms with Gasteiger partial charge in [-0.1, -0.05) is 30.3 Å². The third-order valence-corrected chi connectivity index (χ3v) is 4.38. The van der Waals surface area contributed by atoms with Crippen LogP contribution in [0.4, 0.5) is 5.82 Å². The first-order valence-corrected chi connectivity index (χ1v) is 8.02. The molecule has 124 valence electrons. The van der Waals surface area contributed by atoms with E-state index in [0.29, 0.717) is 24.0 Å². The van der Waals surface area contributed by atoms with Crippen LogP contribution in [-0.2, 0) is 11.2 Å².